The first-order chi connectivity index (χ1) is 18.0. The first-order valence-corrected chi connectivity index (χ1v) is 12.5. The summed E-state index contributed by atoms with van der Waals surface area (Å²) in [5.41, 5.74) is 9.09. The summed E-state index contributed by atoms with van der Waals surface area (Å²) in [6, 6.07) is 14.6. The molecule has 0 atom stereocenters. The summed E-state index contributed by atoms with van der Waals surface area (Å²) < 4.78 is 21.4. The van der Waals surface area contributed by atoms with Crippen LogP contribution in [0.3, 0.4) is 0 Å². The van der Waals surface area contributed by atoms with Crippen LogP contribution in [0, 0.1) is 13.8 Å². The van der Waals surface area contributed by atoms with Gasteiger partial charge in [-0.2, -0.15) is 0 Å². The minimum atomic E-state index is -0.595. The van der Waals surface area contributed by atoms with Crippen LogP contribution in [-0.2, 0) is 30.6 Å². The zero-order valence-corrected chi connectivity index (χ0v) is 21.4. The Labute approximate surface area is 215 Å². The van der Waals surface area contributed by atoms with Crippen molar-refractivity contribution >= 4 is 0 Å². The second-order valence-corrected chi connectivity index (χ2v) is 9.43. The fraction of sp³-hybridized carbons (Fsp3) is 0.345. The van der Waals surface area contributed by atoms with Gasteiger partial charge in [0.1, 0.15) is 23.8 Å². The van der Waals surface area contributed by atoms with Crippen molar-refractivity contribution in [2.24, 2.45) is 0 Å². The molecule has 0 saturated carbocycles. The van der Waals surface area contributed by atoms with Crippen molar-refractivity contribution in [1.29, 1.82) is 0 Å². The molecule has 0 radical (unpaired) electrons. The summed E-state index contributed by atoms with van der Waals surface area (Å²) in [6.07, 6.45) is 5.41. The molecule has 2 heterocycles. The molecule has 8 nitrogen and oxygen atoms in total. The number of H-pyrrole nitrogens is 1. The Kier molecular flexibility index (Phi) is 7.37. The average Bonchev–Trinajstić information content (AvgIpc) is 3.33. The lowest BCUT2D eigenvalue weighted by Crippen LogP contribution is -2.06. The molecule has 2 aromatic heterocycles. The van der Waals surface area contributed by atoms with Gasteiger partial charge in [0.15, 0.2) is 12.6 Å². The van der Waals surface area contributed by atoms with Crippen LogP contribution in [-0.4, -0.2) is 29.0 Å². The number of ether oxygens (including phenoxy) is 3. The molecule has 5 rings (SSSR count). The van der Waals surface area contributed by atoms with E-state index in [9.17, 15) is 4.79 Å². The molecule has 2 aromatic carbocycles. The van der Waals surface area contributed by atoms with Gasteiger partial charge in [0.2, 0.25) is 0 Å². The van der Waals surface area contributed by atoms with Crippen molar-refractivity contribution in [1.82, 2.24) is 15.1 Å². The molecular formula is C29H31N3O5. The summed E-state index contributed by atoms with van der Waals surface area (Å²) in [6.45, 7) is 4.42. The predicted octanol–water partition coefficient (Wildman–Crippen LogP) is 5.07. The van der Waals surface area contributed by atoms with Gasteiger partial charge in [0.25, 0.3) is 0 Å². The van der Waals surface area contributed by atoms with E-state index in [0.29, 0.717) is 23.7 Å². The van der Waals surface area contributed by atoms with Crippen molar-refractivity contribution in [2.45, 2.75) is 52.6 Å². The third-order valence-electron chi connectivity index (χ3n) is 6.76. The van der Waals surface area contributed by atoms with Crippen molar-refractivity contribution in [3.8, 4) is 22.8 Å². The Morgan fingerprint density at radius 3 is 2.49 bits per heavy atom. The van der Waals surface area contributed by atoms with Gasteiger partial charge in [-0.05, 0) is 97.7 Å². The highest BCUT2D eigenvalue weighted by Crippen LogP contribution is 2.33. The van der Waals surface area contributed by atoms with Crippen LogP contribution in [0.15, 0.2) is 51.8 Å². The van der Waals surface area contributed by atoms with Crippen LogP contribution >= 0.6 is 0 Å². The highest BCUT2D eigenvalue weighted by atomic mass is 16.7. The van der Waals surface area contributed by atoms with E-state index in [2.05, 4.69) is 46.7 Å². The first kappa shape index (κ1) is 24.8. The third kappa shape index (κ3) is 5.75. The molecule has 1 N–H and O–H groups in total. The number of hydrogen-bond donors (Lipinski definition) is 1. The fourth-order valence-corrected chi connectivity index (χ4v) is 4.88. The Morgan fingerprint density at radius 1 is 0.973 bits per heavy atom. The van der Waals surface area contributed by atoms with E-state index in [4.69, 9.17) is 19.2 Å². The largest absolute Gasteiger partial charge is 0.486 e. The zero-order valence-electron chi connectivity index (χ0n) is 21.4. The van der Waals surface area contributed by atoms with Crippen molar-refractivity contribution in [3.05, 3.63) is 92.4 Å². The molecule has 0 amide bonds. The van der Waals surface area contributed by atoms with Crippen LogP contribution in [0.5, 0.6) is 11.5 Å². The Morgan fingerprint density at radius 2 is 1.76 bits per heavy atom. The van der Waals surface area contributed by atoms with Crippen molar-refractivity contribution in [2.75, 3.05) is 13.9 Å². The smallest absolute Gasteiger partial charge is 0.439 e. The molecule has 4 aromatic rings. The van der Waals surface area contributed by atoms with E-state index in [1.54, 1.807) is 7.11 Å². The quantitative estimate of drug-likeness (QED) is 0.320. The van der Waals surface area contributed by atoms with Crippen LogP contribution < -0.4 is 15.2 Å². The third-order valence-corrected chi connectivity index (χ3v) is 6.76. The topological polar surface area (TPSA) is 99.5 Å². The van der Waals surface area contributed by atoms with Crippen LogP contribution in [0.1, 0.15) is 52.2 Å². The molecule has 8 heteroatoms. The van der Waals surface area contributed by atoms with Gasteiger partial charge in [-0.1, -0.05) is 17.3 Å². The van der Waals surface area contributed by atoms with E-state index >= 15 is 0 Å². The lowest BCUT2D eigenvalue weighted by molar-refractivity contribution is 0.0513. The minimum absolute atomic E-state index is 0.124. The highest BCUT2D eigenvalue weighted by Gasteiger charge is 2.16. The average molecular weight is 502 g/mol. The number of aryl methyl sites for hydroxylation is 4. The number of benzene rings is 2. The Balaban J connectivity index is 1.41. The summed E-state index contributed by atoms with van der Waals surface area (Å²) >= 11 is 0. The van der Waals surface area contributed by atoms with E-state index in [1.165, 1.54) is 29.5 Å². The van der Waals surface area contributed by atoms with E-state index in [0.717, 1.165) is 40.9 Å². The molecule has 0 unspecified atom stereocenters. The standard InChI is InChI=1S/C29H31N3O5/c1-18-12-24(35-16-27-31-29(33)37-32-27)13-19(2)25(18)15-23-10-11-26(36-17-34-3)28(30-23)22-9-8-20-6-4-5-7-21(20)14-22/h8-14H,4-7,15-17H2,1-3H3,(H,31,32,33). The van der Waals surface area contributed by atoms with Crippen LogP contribution in [0.25, 0.3) is 11.3 Å². The normalized spacial score (nSPS) is 12.8. The fourth-order valence-electron chi connectivity index (χ4n) is 4.88. The van der Waals surface area contributed by atoms with Gasteiger partial charge in [0, 0.05) is 24.8 Å². The molecule has 0 spiro atoms. The molecule has 37 heavy (non-hydrogen) atoms. The summed E-state index contributed by atoms with van der Waals surface area (Å²) in [5.74, 6) is 1.17. The SMILES string of the molecule is COCOc1ccc(Cc2c(C)cc(OCc3noc(=O)[nH]3)cc2C)nc1-c1ccc2c(c1)CCCC2. The second kappa shape index (κ2) is 11.0. The zero-order chi connectivity index (χ0) is 25.8. The Hall–Kier alpha value is -3.91. The number of fused-ring (bicyclic) bond motifs is 1. The second-order valence-electron chi connectivity index (χ2n) is 9.43. The van der Waals surface area contributed by atoms with Gasteiger partial charge >= 0.3 is 5.76 Å². The molecular weight excluding hydrogens is 470 g/mol. The van der Waals surface area contributed by atoms with Gasteiger partial charge in [-0.25, -0.2) is 9.78 Å². The summed E-state index contributed by atoms with van der Waals surface area (Å²) in [4.78, 5) is 18.7. The molecule has 192 valence electrons. The highest BCUT2D eigenvalue weighted by molar-refractivity contribution is 5.68. The predicted molar refractivity (Wildman–Crippen MR) is 139 cm³/mol. The number of aromatic amines is 1. The monoisotopic (exact) mass is 501 g/mol. The van der Waals surface area contributed by atoms with Crippen LogP contribution in [0.4, 0.5) is 0 Å². The maximum atomic E-state index is 11.1. The van der Waals surface area contributed by atoms with Gasteiger partial charge in [-0.15, -0.1) is 0 Å². The van der Waals surface area contributed by atoms with E-state index in [1.807, 2.05) is 24.3 Å². The Bertz CT molecular complexity index is 1430. The summed E-state index contributed by atoms with van der Waals surface area (Å²) in [7, 11) is 1.62. The van der Waals surface area contributed by atoms with Gasteiger partial charge < -0.3 is 14.2 Å². The van der Waals surface area contributed by atoms with Crippen molar-refractivity contribution in [3.63, 3.8) is 0 Å². The van der Waals surface area contributed by atoms with Crippen molar-refractivity contribution < 1.29 is 18.7 Å². The number of nitrogens with one attached hydrogen (secondary N) is 1. The number of nitrogens with zero attached hydrogens (tertiary/aromatic N) is 2. The molecule has 0 saturated heterocycles. The molecule has 0 fully saturated rings. The number of hydrogen-bond acceptors (Lipinski definition) is 7. The lowest BCUT2D eigenvalue weighted by atomic mass is 9.89. The number of pyridine rings is 1. The summed E-state index contributed by atoms with van der Waals surface area (Å²) in [5, 5.41) is 3.64. The van der Waals surface area contributed by atoms with Gasteiger partial charge in [0.05, 0.1) is 0 Å². The maximum absolute atomic E-state index is 11.1. The molecule has 1 aliphatic rings. The van der Waals surface area contributed by atoms with E-state index < -0.39 is 5.76 Å². The first-order valence-electron chi connectivity index (χ1n) is 12.5. The number of methoxy groups -OCH3 is 1. The number of rotatable bonds is 9. The maximum Gasteiger partial charge on any atom is 0.439 e. The molecule has 0 bridgehead atoms. The lowest BCUT2D eigenvalue weighted by Gasteiger charge is -2.18. The van der Waals surface area contributed by atoms with E-state index in [-0.39, 0.29) is 13.4 Å². The van der Waals surface area contributed by atoms with Gasteiger partial charge in [-0.3, -0.25) is 9.51 Å². The number of aromatic nitrogens is 3. The minimum Gasteiger partial charge on any atom is -0.486 e. The molecule has 1 aliphatic carbocycles. The molecule has 0 aliphatic heterocycles. The van der Waals surface area contributed by atoms with Crippen LogP contribution in [0.2, 0.25) is 0 Å².